The van der Waals surface area contributed by atoms with Gasteiger partial charge in [-0.05, 0) is 38.3 Å². The number of rotatable bonds is 4. The minimum absolute atomic E-state index is 0.226. The van der Waals surface area contributed by atoms with Gasteiger partial charge in [0.1, 0.15) is 5.54 Å². The van der Waals surface area contributed by atoms with Gasteiger partial charge in [-0.25, -0.2) is 8.42 Å². The molecule has 2 atom stereocenters. The Bertz CT molecular complexity index is 761. The zero-order chi connectivity index (χ0) is 16.7. The van der Waals surface area contributed by atoms with Gasteiger partial charge in [0.2, 0.25) is 5.91 Å². The van der Waals surface area contributed by atoms with Gasteiger partial charge in [-0.1, -0.05) is 17.7 Å². The lowest BCUT2D eigenvalue weighted by atomic mass is 10.2. The number of hydrogen-bond donors (Lipinski definition) is 2. The summed E-state index contributed by atoms with van der Waals surface area (Å²) in [5.74, 6) is -0.286. The molecule has 1 heterocycles. The van der Waals surface area contributed by atoms with E-state index in [1.807, 2.05) is 6.92 Å². The second-order valence-corrected chi connectivity index (χ2v) is 8.59. The lowest BCUT2D eigenvalue weighted by molar-refractivity contribution is -0.123. The Hall–Kier alpha value is -1.91. The number of aryl methyl sites for hydroxylation is 1. The van der Waals surface area contributed by atoms with Crippen LogP contribution < -0.4 is 10.6 Å². The van der Waals surface area contributed by atoms with Gasteiger partial charge in [-0.2, -0.15) is 5.26 Å². The molecule has 7 heteroatoms. The minimum atomic E-state index is -3.46. The smallest absolute Gasteiger partial charge is 0.238 e. The first-order chi connectivity index (χ1) is 10.9. The van der Waals surface area contributed by atoms with Crippen molar-refractivity contribution in [3.63, 3.8) is 0 Å². The maximum atomic E-state index is 12.6. The molecule has 0 aromatic heterocycles. The number of carbonyl (C=O) groups is 1. The average molecular weight is 333 g/mol. The predicted octanol–water partition coefficient (Wildman–Crippen LogP) is 0.672. The molecule has 0 bridgehead atoms. The molecule has 3 rings (SSSR count). The Morgan fingerprint density at radius 3 is 2.57 bits per heavy atom. The van der Waals surface area contributed by atoms with E-state index >= 15 is 0 Å². The van der Waals surface area contributed by atoms with E-state index in [0.717, 1.165) is 5.56 Å². The van der Waals surface area contributed by atoms with Gasteiger partial charge in [0.15, 0.2) is 9.84 Å². The fraction of sp³-hybridized carbons (Fsp3) is 0.500. The first-order valence-corrected chi connectivity index (χ1v) is 9.18. The van der Waals surface area contributed by atoms with E-state index in [9.17, 15) is 13.2 Å². The number of nitrogens with zero attached hydrogens (tertiary/aromatic N) is 1. The topological polar surface area (TPSA) is 99.1 Å². The van der Waals surface area contributed by atoms with Gasteiger partial charge in [0.05, 0.1) is 22.3 Å². The molecule has 2 unspecified atom stereocenters. The van der Waals surface area contributed by atoms with Crippen LogP contribution in [-0.2, 0) is 14.6 Å². The Labute approximate surface area is 135 Å². The number of carbonyl (C=O) groups excluding carboxylic acids is 1. The Morgan fingerprint density at radius 2 is 2.00 bits per heavy atom. The highest BCUT2D eigenvalue weighted by molar-refractivity contribution is 7.92. The molecule has 1 aromatic rings. The summed E-state index contributed by atoms with van der Waals surface area (Å²) < 4.78 is 25.3. The second kappa shape index (κ2) is 5.62. The van der Waals surface area contributed by atoms with Gasteiger partial charge >= 0.3 is 0 Å². The summed E-state index contributed by atoms with van der Waals surface area (Å²) in [5, 5.41) is 14.1. The summed E-state index contributed by atoms with van der Waals surface area (Å²) in [6, 6.07) is 8.28. The number of benzene rings is 1. The highest BCUT2D eigenvalue weighted by Gasteiger charge is 2.47. The van der Waals surface area contributed by atoms with Crippen molar-refractivity contribution in [2.75, 3.05) is 6.54 Å². The first-order valence-electron chi connectivity index (χ1n) is 7.64. The van der Waals surface area contributed by atoms with Gasteiger partial charge in [-0.3, -0.25) is 4.79 Å². The Balaban J connectivity index is 1.68. The van der Waals surface area contributed by atoms with Gasteiger partial charge in [-0.15, -0.1) is 0 Å². The number of sulfone groups is 1. The minimum Gasteiger partial charge on any atom is -0.336 e. The van der Waals surface area contributed by atoms with Crippen LogP contribution >= 0.6 is 0 Å². The van der Waals surface area contributed by atoms with E-state index in [1.165, 1.54) is 0 Å². The third kappa shape index (κ3) is 3.09. The Kier molecular flexibility index (Phi) is 3.90. The molecule has 0 radical (unpaired) electrons. The normalized spacial score (nSPS) is 25.6. The van der Waals surface area contributed by atoms with E-state index in [0.29, 0.717) is 12.8 Å². The third-order valence-corrected chi connectivity index (χ3v) is 6.69. The van der Waals surface area contributed by atoms with Crippen molar-refractivity contribution in [2.45, 2.75) is 47.9 Å². The molecular formula is C16H19N3O3S. The lowest BCUT2D eigenvalue weighted by Crippen LogP contribution is -2.45. The van der Waals surface area contributed by atoms with Gasteiger partial charge < -0.3 is 10.6 Å². The first kappa shape index (κ1) is 16.0. The second-order valence-electron chi connectivity index (χ2n) is 6.36. The third-order valence-electron chi connectivity index (χ3n) is 4.52. The quantitative estimate of drug-likeness (QED) is 0.844. The SMILES string of the molecule is Cc1ccc(S(=O)(=O)C2CNC(C(=O)NC3(C#N)CC3)C2)cc1. The molecule has 1 aliphatic carbocycles. The van der Waals surface area contributed by atoms with Crippen molar-refractivity contribution >= 4 is 15.7 Å². The summed E-state index contributed by atoms with van der Waals surface area (Å²) in [6.45, 7) is 2.14. The van der Waals surface area contributed by atoms with Crippen LogP contribution in [0.3, 0.4) is 0 Å². The van der Waals surface area contributed by atoms with Crippen LogP contribution in [0.2, 0.25) is 0 Å². The van der Waals surface area contributed by atoms with Crippen LogP contribution in [0.15, 0.2) is 29.2 Å². The number of amides is 1. The van der Waals surface area contributed by atoms with E-state index < -0.39 is 26.7 Å². The summed E-state index contributed by atoms with van der Waals surface area (Å²) in [7, 11) is -3.46. The summed E-state index contributed by atoms with van der Waals surface area (Å²) >= 11 is 0. The van der Waals surface area contributed by atoms with E-state index in [-0.39, 0.29) is 23.8 Å². The molecule has 0 spiro atoms. The summed E-state index contributed by atoms with van der Waals surface area (Å²) in [5.41, 5.74) is 0.268. The Morgan fingerprint density at radius 1 is 1.35 bits per heavy atom. The van der Waals surface area contributed by atoms with Crippen molar-refractivity contribution in [3.05, 3.63) is 29.8 Å². The zero-order valence-corrected chi connectivity index (χ0v) is 13.7. The molecule has 1 aromatic carbocycles. The van der Waals surface area contributed by atoms with Gasteiger partial charge in [0.25, 0.3) is 0 Å². The van der Waals surface area contributed by atoms with Crippen molar-refractivity contribution in [1.82, 2.24) is 10.6 Å². The van der Waals surface area contributed by atoms with E-state index in [4.69, 9.17) is 5.26 Å². The molecule has 1 amide bonds. The summed E-state index contributed by atoms with van der Waals surface area (Å²) in [6.07, 6.45) is 1.55. The standard InChI is InChI=1S/C16H19N3O3S/c1-11-2-4-12(5-3-11)23(21,22)13-8-14(18-9-13)15(20)19-16(10-17)6-7-16/h2-5,13-14,18H,6-9H2,1H3,(H,19,20). The van der Waals surface area contributed by atoms with Crippen molar-refractivity contribution < 1.29 is 13.2 Å². The molecule has 23 heavy (non-hydrogen) atoms. The molecule has 1 aliphatic heterocycles. The molecule has 6 nitrogen and oxygen atoms in total. The fourth-order valence-electron chi connectivity index (χ4n) is 2.77. The van der Waals surface area contributed by atoms with Crippen LogP contribution in [0.1, 0.15) is 24.8 Å². The van der Waals surface area contributed by atoms with Crippen LogP contribution in [0.4, 0.5) is 0 Å². The zero-order valence-electron chi connectivity index (χ0n) is 12.9. The highest BCUT2D eigenvalue weighted by atomic mass is 32.2. The number of hydrogen-bond acceptors (Lipinski definition) is 5. The van der Waals surface area contributed by atoms with Crippen molar-refractivity contribution in [3.8, 4) is 6.07 Å². The summed E-state index contributed by atoms with van der Waals surface area (Å²) in [4.78, 5) is 12.5. The largest absolute Gasteiger partial charge is 0.336 e. The predicted molar refractivity (Wildman–Crippen MR) is 84.3 cm³/mol. The van der Waals surface area contributed by atoms with Crippen LogP contribution in [0.25, 0.3) is 0 Å². The van der Waals surface area contributed by atoms with Crippen LogP contribution in [0, 0.1) is 18.3 Å². The molecule has 2 aliphatic rings. The maximum Gasteiger partial charge on any atom is 0.238 e. The molecule has 122 valence electrons. The molecule has 2 N–H and O–H groups in total. The van der Waals surface area contributed by atoms with Crippen LogP contribution in [-0.4, -0.2) is 37.7 Å². The maximum absolute atomic E-state index is 12.6. The van der Waals surface area contributed by atoms with E-state index in [1.54, 1.807) is 24.3 Å². The number of nitrogens with one attached hydrogen (secondary N) is 2. The van der Waals surface area contributed by atoms with Crippen LogP contribution in [0.5, 0.6) is 0 Å². The van der Waals surface area contributed by atoms with Gasteiger partial charge in [0, 0.05) is 6.54 Å². The number of nitriles is 1. The fourth-order valence-corrected chi connectivity index (χ4v) is 4.43. The van der Waals surface area contributed by atoms with Crippen molar-refractivity contribution in [1.29, 1.82) is 5.26 Å². The molecule has 2 fully saturated rings. The highest BCUT2D eigenvalue weighted by Crippen LogP contribution is 2.34. The average Bonchev–Trinajstić information content (AvgIpc) is 3.11. The molecule has 1 saturated carbocycles. The van der Waals surface area contributed by atoms with E-state index in [2.05, 4.69) is 16.7 Å². The molecular weight excluding hydrogens is 314 g/mol. The van der Waals surface area contributed by atoms with Crippen molar-refractivity contribution in [2.24, 2.45) is 0 Å². The monoisotopic (exact) mass is 333 g/mol. The molecule has 1 saturated heterocycles. The lowest BCUT2D eigenvalue weighted by Gasteiger charge is -2.14.